The minimum atomic E-state index is 0.0899. The van der Waals surface area contributed by atoms with E-state index < -0.39 is 0 Å². The summed E-state index contributed by atoms with van der Waals surface area (Å²) in [5.41, 5.74) is 5.13. The number of aromatic nitrogens is 3. The lowest BCUT2D eigenvalue weighted by Crippen LogP contribution is -2.35. The molecular weight excluding hydrogens is 418 g/mol. The van der Waals surface area contributed by atoms with Gasteiger partial charge in [0.2, 0.25) is 0 Å². The number of nitrogens with zero attached hydrogens (tertiary/aromatic N) is 4. The average Bonchev–Trinajstić information content (AvgIpc) is 3.17. The fraction of sp³-hybridized carbons (Fsp3) is 0.240. The summed E-state index contributed by atoms with van der Waals surface area (Å²) in [7, 11) is 0. The van der Waals surface area contributed by atoms with Crippen LogP contribution in [0.25, 0.3) is 16.9 Å². The Bertz CT molecular complexity index is 1290. The van der Waals surface area contributed by atoms with Gasteiger partial charge in [-0.05, 0) is 56.0 Å². The molecule has 0 aliphatic carbocycles. The number of anilines is 2. The zero-order valence-corrected chi connectivity index (χ0v) is 18.8. The molecule has 1 aliphatic rings. The molecule has 1 fully saturated rings. The van der Waals surface area contributed by atoms with Gasteiger partial charge >= 0.3 is 0 Å². The highest BCUT2D eigenvalue weighted by atomic mass is 32.1. The van der Waals surface area contributed by atoms with Gasteiger partial charge in [0.1, 0.15) is 11.5 Å². The maximum atomic E-state index is 13.0. The number of hydrogen-bond donors (Lipinski definition) is 2. The van der Waals surface area contributed by atoms with E-state index in [1.165, 1.54) is 6.42 Å². The summed E-state index contributed by atoms with van der Waals surface area (Å²) in [6.45, 7) is 3.71. The lowest BCUT2D eigenvalue weighted by molar-refractivity contribution is 0.0724. The van der Waals surface area contributed by atoms with Crippen molar-refractivity contribution in [3.8, 4) is 11.3 Å². The molecule has 0 bridgehead atoms. The molecule has 4 aromatic rings. The Morgan fingerprint density at radius 2 is 1.94 bits per heavy atom. The third kappa shape index (κ3) is 3.96. The number of carbonyl (C=O) groups is 1. The molecule has 1 N–H and O–H groups in total. The summed E-state index contributed by atoms with van der Waals surface area (Å²) in [6, 6.07) is 13.8. The predicted octanol–water partition coefficient (Wildman–Crippen LogP) is 5.36. The first-order chi connectivity index (χ1) is 15.6. The van der Waals surface area contributed by atoms with E-state index in [4.69, 9.17) is 17.6 Å². The SMILES string of the molecule is Cc1ccc(-c2nc3cnccn3c2Nc2cccc(C(=O)N3CCCCC3)c2)c(S)c1. The van der Waals surface area contributed by atoms with Crippen LogP contribution in [0.15, 0.2) is 66.0 Å². The van der Waals surface area contributed by atoms with E-state index in [9.17, 15) is 4.79 Å². The van der Waals surface area contributed by atoms with Crippen molar-refractivity contribution in [2.24, 2.45) is 0 Å². The summed E-state index contributed by atoms with van der Waals surface area (Å²) < 4.78 is 1.97. The lowest BCUT2D eigenvalue weighted by atomic mass is 10.1. The van der Waals surface area contributed by atoms with Gasteiger partial charge in [-0.1, -0.05) is 18.2 Å². The monoisotopic (exact) mass is 443 g/mol. The Balaban J connectivity index is 1.54. The Kier molecular flexibility index (Phi) is 5.57. The van der Waals surface area contributed by atoms with Crippen molar-refractivity contribution in [2.75, 3.05) is 18.4 Å². The molecular formula is C25H25N5OS. The molecule has 32 heavy (non-hydrogen) atoms. The number of rotatable bonds is 4. The fourth-order valence-corrected chi connectivity index (χ4v) is 4.59. The van der Waals surface area contributed by atoms with Crippen LogP contribution >= 0.6 is 12.6 Å². The molecule has 162 valence electrons. The zero-order chi connectivity index (χ0) is 22.1. The minimum absolute atomic E-state index is 0.0899. The van der Waals surface area contributed by atoms with Crippen LogP contribution in [0.3, 0.4) is 0 Å². The van der Waals surface area contributed by atoms with Crippen LogP contribution in [-0.2, 0) is 0 Å². The summed E-state index contributed by atoms with van der Waals surface area (Å²) in [5.74, 6) is 0.899. The molecule has 6 nitrogen and oxygen atoms in total. The first kappa shape index (κ1) is 20.6. The van der Waals surface area contributed by atoms with Crippen LogP contribution in [0, 0.1) is 6.92 Å². The average molecular weight is 444 g/mol. The summed E-state index contributed by atoms with van der Waals surface area (Å²) in [5, 5.41) is 3.50. The van der Waals surface area contributed by atoms with E-state index in [2.05, 4.69) is 16.4 Å². The van der Waals surface area contributed by atoms with Gasteiger partial charge in [-0.2, -0.15) is 0 Å². The molecule has 1 aliphatic heterocycles. The summed E-state index contributed by atoms with van der Waals surface area (Å²) >= 11 is 4.69. The number of nitrogens with one attached hydrogen (secondary N) is 1. The number of aryl methyl sites for hydroxylation is 1. The number of fused-ring (bicyclic) bond motifs is 1. The van der Waals surface area contributed by atoms with E-state index in [0.29, 0.717) is 5.56 Å². The zero-order valence-electron chi connectivity index (χ0n) is 18.0. The third-order valence-corrected chi connectivity index (χ3v) is 6.22. The molecule has 0 unspecified atom stereocenters. The van der Waals surface area contributed by atoms with E-state index in [1.807, 2.05) is 58.8 Å². The Morgan fingerprint density at radius 3 is 2.75 bits per heavy atom. The van der Waals surface area contributed by atoms with Gasteiger partial charge in [-0.3, -0.25) is 14.2 Å². The number of piperidine rings is 1. The fourth-order valence-electron chi connectivity index (χ4n) is 4.20. The van der Waals surface area contributed by atoms with Crippen LogP contribution in [0.5, 0.6) is 0 Å². The second-order valence-electron chi connectivity index (χ2n) is 8.19. The van der Waals surface area contributed by atoms with Gasteiger partial charge in [0.25, 0.3) is 5.91 Å². The van der Waals surface area contributed by atoms with Gasteiger partial charge in [-0.15, -0.1) is 12.6 Å². The second-order valence-corrected chi connectivity index (χ2v) is 8.67. The molecule has 2 aromatic carbocycles. The van der Waals surface area contributed by atoms with Crippen molar-refractivity contribution in [2.45, 2.75) is 31.1 Å². The van der Waals surface area contributed by atoms with Crippen molar-refractivity contribution < 1.29 is 4.79 Å². The Hall–Kier alpha value is -3.32. The van der Waals surface area contributed by atoms with Crippen molar-refractivity contribution in [1.29, 1.82) is 0 Å². The first-order valence-corrected chi connectivity index (χ1v) is 11.3. The quantitative estimate of drug-likeness (QED) is 0.417. The molecule has 0 atom stereocenters. The molecule has 1 saturated heterocycles. The highest BCUT2D eigenvalue weighted by Crippen LogP contribution is 2.35. The minimum Gasteiger partial charge on any atom is -0.339 e. The van der Waals surface area contributed by atoms with E-state index in [1.54, 1.807) is 12.4 Å². The largest absolute Gasteiger partial charge is 0.339 e. The first-order valence-electron chi connectivity index (χ1n) is 10.9. The van der Waals surface area contributed by atoms with Crippen LogP contribution in [0.1, 0.15) is 35.2 Å². The normalized spacial score (nSPS) is 14.0. The van der Waals surface area contributed by atoms with E-state index >= 15 is 0 Å². The van der Waals surface area contributed by atoms with Crippen LogP contribution in [0.2, 0.25) is 0 Å². The van der Waals surface area contributed by atoms with Gasteiger partial charge in [-0.25, -0.2) is 4.98 Å². The molecule has 7 heteroatoms. The van der Waals surface area contributed by atoms with Crippen molar-refractivity contribution in [3.05, 3.63) is 72.2 Å². The number of amides is 1. The number of benzene rings is 2. The van der Waals surface area contributed by atoms with E-state index in [0.717, 1.165) is 64.8 Å². The molecule has 5 rings (SSSR count). The highest BCUT2D eigenvalue weighted by Gasteiger charge is 2.20. The highest BCUT2D eigenvalue weighted by molar-refractivity contribution is 7.80. The van der Waals surface area contributed by atoms with E-state index in [-0.39, 0.29) is 5.91 Å². The summed E-state index contributed by atoms with van der Waals surface area (Å²) in [4.78, 5) is 24.8. The molecule has 1 amide bonds. The number of imidazole rings is 1. The molecule has 2 aromatic heterocycles. The predicted molar refractivity (Wildman–Crippen MR) is 130 cm³/mol. The third-order valence-electron chi connectivity index (χ3n) is 5.85. The number of carbonyl (C=O) groups excluding carboxylic acids is 1. The maximum Gasteiger partial charge on any atom is 0.253 e. The van der Waals surface area contributed by atoms with Gasteiger partial charge in [0.05, 0.1) is 6.20 Å². The standard InChI is InChI=1S/C25H25N5OS/c1-17-8-9-20(21(32)14-17)23-24(30-13-10-26-16-22(30)28-23)27-19-7-5-6-18(15-19)25(31)29-11-3-2-4-12-29/h5-10,13-16,27,32H,2-4,11-12H2,1H3. The second kappa shape index (κ2) is 8.67. The van der Waals surface area contributed by atoms with Gasteiger partial charge in [0, 0.05) is 47.2 Å². The van der Waals surface area contributed by atoms with Gasteiger partial charge < -0.3 is 10.2 Å². The van der Waals surface area contributed by atoms with Crippen molar-refractivity contribution >= 4 is 35.7 Å². The number of likely N-dealkylation sites (tertiary alicyclic amines) is 1. The Labute approximate surface area is 192 Å². The van der Waals surface area contributed by atoms with Crippen molar-refractivity contribution in [1.82, 2.24) is 19.3 Å². The summed E-state index contributed by atoms with van der Waals surface area (Å²) in [6.07, 6.45) is 8.69. The smallest absolute Gasteiger partial charge is 0.253 e. The topological polar surface area (TPSA) is 62.5 Å². The molecule has 0 saturated carbocycles. The Morgan fingerprint density at radius 1 is 1.09 bits per heavy atom. The molecule has 3 heterocycles. The maximum absolute atomic E-state index is 13.0. The van der Waals surface area contributed by atoms with Gasteiger partial charge in [0.15, 0.2) is 5.65 Å². The molecule has 0 radical (unpaired) electrons. The van der Waals surface area contributed by atoms with Crippen LogP contribution < -0.4 is 5.32 Å². The van der Waals surface area contributed by atoms with Crippen molar-refractivity contribution in [3.63, 3.8) is 0 Å². The molecule has 0 spiro atoms. The lowest BCUT2D eigenvalue weighted by Gasteiger charge is -2.26. The van der Waals surface area contributed by atoms with Crippen LogP contribution in [-0.4, -0.2) is 38.3 Å². The van der Waals surface area contributed by atoms with Crippen LogP contribution in [0.4, 0.5) is 11.5 Å². The number of thiol groups is 1. The number of hydrogen-bond acceptors (Lipinski definition) is 5.